The summed E-state index contributed by atoms with van der Waals surface area (Å²) in [5.41, 5.74) is 2.34. The van der Waals surface area contributed by atoms with Crippen LogP contribution in [0.4, 0.5) is 5.69 Å². The van der Waals surface area contributed by atoms with Gasteiger partial charge in [0.1, 0.15) is 0 Å². The minimum Gasteiger partial charge on any atom is -0.382 e. The number of hydrogen-bond acceptors (Lipinski definition) is 6. The number of ether oxygens (including phenoxy) is 2. The van der Waals surface area contributed by atoms with E-state index in [4.69, 9.17) is 14.5 Å². The fraction of sp³-hybridized carbons (Fsp3) is 0.667. The smallest absolute Gasteiger partial charge is 0.0983 e. The van der Waals surface area contributed by atoms with Crippen LogP contribution in [0.25, 0.3) is 0 Å². The molecule has 5 nitrogen and oxygen atoms in total. The predicted octanol–water partition coefficient (Wildman–Crippen LogP) is 1.72. The van der Waals surface area contributed by atoms with Crippen molar-refractivity contribution < 1.29 is 9.47 Å². The number of thioether (sulfide) groups is 1. The summed E-state index contributed by atoms with van der Waals surface area (Å²) >= 11 is 1.68. The number of methoxy groups -OCH3 is 1. The summed E-state index contributed by atoms with van der Waals surface area (Å²) in [6.45, 7) is 3.97. The highest BCUT2D eigenvalue weighted by Crippen LogP contribution is 2.25. The van der Waals surface area contributed by atoms with Gasteiger partial charge in [0, 0.05) is 26.7 Å². The first-order valence-corrected chi connectivity index (χ1v) is 8.40. The van der Waals surface area contributed by atoms with Gasteiger partial charge in [0.25, 0.3) is 0 Å². The maximum Gasteiger partial charge on any atom is 0.0983 e. The maximum absolute atomic E-state index is 5.73. The van der Waals surface area contributed by atoms with Gasteiger partial charge >= 0.3 is 0 Å². The van der Waals surface area contributed by atoms with E-state index in [1.54, 1.807) is 18.9 Å². The van der Waals surface area contributed by atoms with Crippen LogP contribution in [0, 0.1) is 0 Å². The number of aromatic nitrogens is 1. The maximum atomic E-state index is 5.73. The summed E-state index contributed by atoms with van der Waals surface area (Å²) in [5, 5.41) is 1.07. The van der Waals surface area contributed by atoms with Crippen molar-refractivity contribution in [1.82, 2.24) is 9.88 Å². The van der Waals surface area contributed by atoms with Crippen LogP contribution in [-0.4, -0.2) is 69.8 Å². The quantitative estimate of drug-likeness (QED) is 0.745. The van der Waals surface area contributed by atoms with Gasteiger partial charge in [0.05, 0.1) is 35.7 Å². The molecule has 0 unspecified atom stereocenters. The summed E-state index contributed by atoms with van der Waals surface area (Å²) < 4.78 is 11.0. The molecule has 0 bridgehead atoms. The van der Waals surface area contributed by atoms with Gasteiger partial charge in [-0.25, -0.2) is 4.98 Å². The van der Waals surface area contributed by atoms with Crippen molar-refractivity contribution in [3.63, 3.8) is 0 Å². The second-order valence-electron chi connectivity index (χ2n) is 5.45. The fourth-order valence-electron chi connectivity index (χ4n) is 2.52. The molecule has 6 heteroatoms. The Morgan fingerprint density at radius 3 is 2.95 bits per heavy atom. The predicted molar refractivity (Wildman–Crippen MR) is 87.2 cm³/mol. The standard InChI is InChI=1S/C15H25N3O2S/c1-17(2)10-13-14(5-6-15(16-13)21-4)18-7-8-20-12(9-18)11-19-3/h5-6,12H,7-11H2,1-4H3/t12-/m1/s1. The highest BCUT2D eigenvalue weighted by Gasteiger charge is 2.23. The van der Waals surface area contributed by atoms with Crippen molar-refractivity contribution in [2.75, 3.05) is 58.7 Å². The third kappa shape index (κ3) is 4.57. The molecule has 0 aliphatic carbocycles. The molecule has 0 N–H and O–H groups in total. The largest absolute Gasteiger partial charge is 0.382 e. The van der Waals surface area contributed by atoms with Gasteiger partial charge in [-0.3, -0.25) is 0 Å². The number of pyridine rings is 1. The van der Waals surface area contributed by atoms with Crippen molar-refractivity contribution in [3.8, 4) is 0 Å². The summed E-state index contributed by atoms with van der Waals surface area (Å²) in [6.07, 6.45) is 2.20. The van der Waals surface area contributed by atoms with Crippen molar-refractivity contribution in [3.05, 3.63) is 17.8 Å². The van der Waals surface area contributed by atoms with Crippen LogP contribution in [0.3, 0.4) is 0 Å². The Labute approximate surface area is 131 Å². The lowest BCUT2D eigenvalue weighted by Crippen LogP contribution is -2.45. The van der Waals surface area contributed by atoms with Crippen molar-refractivity contribution in [1.29, 1.82) is 0 Å². The van der Waals surface area contributed by atoms with E-state index < -0.39 is 0 Å². The Balaban J connectivity index is 2.20. The van der Waals surface area contributed by atoms with E-state index in [0.29, 0.717) is 6.61 Å². The second kappa shape index (κ2) is 7.98. The zero-order chi connectivity index (χ0) is 15.2. The minimum absolute atomic E-state index is 0.135. The van der Waals surface area contributed by atoms with Crippen LogP contribution in [0.15, 0.2) is 17.2 Å². The summed E-state index contributed by atoms with van der Waals surface area (Å²) in [5.74, 6) is 0. The topological polar surface area (TPSA) is 37.8 Å². The molecular weight excluding hydrogens is 286 g/mol. The lowest BCUT2D eigenvalue weighted by molar-refractivity contribution is -0.0101. The van der Waals surface area contributed by atoms with E-state index in [9.17, 15) is 0 Å². The Bertz CT molecular complexity index is 455. The molecule has 1 atom stereocenters. The molecule has 2 rings (SSSR count). The molecule has 21 heavy (non-hydrogen) atoms. The molecule has 2 heterocycles. The average Bonchev–Trinajstić information content (AvgIpc) is 2.47. The first-order valence-electron chi connectivity index (χ1n) is 7.18. The average molecular weight is 311 g/mol. The molecule has 1 fully saturated rings. The SMILES string of the molecule is COC[C@H]1CN(c2ccc(SC)nc2CN(C)C)CCO1. The summed E-state index contributed by atoms with van der Waals surface area (Å²) in [4.78, 5) is 9.31. The first kappa shape index (κ1) is 16.5. The lowest BCUT2D eigenvalue weighted by atomic mass is 10.2. The highest BCUT2D eigenvalue weighted by molar-refractivity contribution is 7.98. The van der Waals surface area contributed by atoms with Gasteiger partial charge < -0.3 is 19.3 Å². The number of morpholine rings is 1. The van der Waals surface area contributed by atoms with E-state index in [0.717, 1.165) is 37.0 Å². The molecule has 0 spiro atoms. The summed E-state index contributed by atoms with van der Waals surface area (Å²) in [7, 11) is 5.86. The molecular formula is C15H25N3O2S. The van der Waals surface area contributed by atoms with E-state index in [2.05, 4.69) is 42.3 Å². The molecule has 118 valence electrons. The van der Waals surface area contributed by atoms with Crippen molar-refractivity contribution >= 4 is 17.4 Å². The zero-order valence-electron chi connectivity index (χ0n) is 13.3. The van der Waals surface area contributed by atoms with Gasteiger partial charge in [-0.15, -0.1) is 11.8 Å². The number of nitrogens with zero attached hydrogens (tertiary/aromatic N) is 3. The number of rotatable bonds is 6. The van der Waals surface area contributed by atoms with E-state index >= 15 is 0 Å². The van der Waals surface area contributed by atoms with Crippen LogP contribution in [0.2, 0.25) is 0 Å². The van der Waals surface area contributed by atoms with Gasteiger partial charge in [0.2, 0.25) is 0 Å². The molecule has 1 aliphatic rings. The molecule has 1 aromatic heterocycles. The normalized spacial score (nSPS) is 19.3. The van der Waals surface area contributed by atoms with E-state index in [1.165, 1.54) is 5.69 Å². The third-order valence-electron chi connectivity index (χ3n) is 3.43. The van der Waals surface area contributed by atoms with Crippen LogP contribution in [0.1, 0.15) is 5.69 Å². The summed E-state index contributed by atoms with van der Waals surface area (Å²) in [6, 6.07) is 4.28. The molecule has 0 amide bonds. The molecule has 0 saturated carbocycles. The Kier molecular flexibility index (Phi) is 6.29. The minimum atomic E-state index is 0.135. The monoisotopic (exact) mass is 311 g/mol. The Hall–Kier alpha value is -0.820. The third-order valence-corrected chi connectivity index (χ3v) is 4.08. The molecule has 1 aromatic rings. The van der Waals surface area contributed by atoms with Gasteiger partial charge in [-0.05, 0) is 32.5 Å². The van der Waals surface area contributed by atoms with Gasteiger partial charge in [0.15, 0.2) is 0 Å². The molecule has 1 aliphatic heterocycles. The van der Waals surface area contributed by atoms with E-state index in [1.807, 2.05) is 0 Å². The molecule has 0 radical (unpaired) electrons. The number of hydrogen-bond donors (Lipinski definition) is 0. The highest BCUT2D eigenvalue weighted by atomic mass is 32.2. The Morgan fingerprint density at radius 2 is 2.29 bits per heavy atom. The second-order valence-corrected chi connectivity index (χ2v) is 6.28. The van der Waals surface area contributed by atoms with Gasteiger partial charge in [-0.1, -0.05) is 0 Å². The van der Waals surface area contributed by atoms with Crippen LogP contribution in [-0.2, 0) is 16.0 Å². The first-order chi connectivity index (χ1) is 10.1. The van der Waals surface area contributed by atoms with Crippen molar-refractivity contribution in [2.45, 2.75) is 17.7 Å². The van der Waals surface area contributed by atoms with Crippen LogP contribution < -0.4 is 4.90 Å². The Morgan fingerprint density at radius 1 is 1.48 bits per heavy atom. The number of anilines is 1. The fourth-order valence-corrected chi connectivity index (χ4v) is 2.92. The molecule has 1 saturated heterocycles. The van der Waals surface area contributed by atoms with Gasteiger partial charge in [-0.2, -0.15) is 0 Å². The zero-order valence-corrected chi connectivity index (χ0v) is 14.2. The van der Waals surface area contributed by atoms with Crippen molar-refractivity contribution in [2.24, 2.45) is 0 Å². The molecule has 0 aromatic carbocycles. The van der Waals surface area contributed by atoms with E-state index in [-0.39, 0.29) is 6.10 Å². The lowest BCUT2D eigenvalue weighted by Gasteiger charge is -2.35. The van der Waals surface area contributed by atoms with Crippen LogP contribution >= 0.6 is 11.8 Å². The van der Waals surface area contributed by atoms with Crippen LogP contribution in [0.5, 0.6) is 0 Å².